The Balaban J connectivity index is 2.36. The standard InChI is InChI=1S/C19H19F3N2O5/c1-3-28-17(26)18(19(20,21)22,24-16(25)14-8-10-23-11-9-14)29-12-13-4-6-15(27-2)7-5-13/h4-11H,3,12H2,1-2H3,(H,24,25)/t18-/m0/s1. The van der Waals surface area contributed by atoms with Crippen molar-refractivity contribution in [1.82, 2.24) is 10.3 Å². The monoisotopic (exact) mass is 412 g/mol. The third-order valence-electron chi connectivity index (χ3n) is 3.81. The number of hydrogen-bond acceptors (Lipinski definition) is 6. The number of ether oxygens (including phenoxy) is 3. The Morgan fingerprint density at radius 2 is 1.69 bits per heavy atom. The van der Waals surface area contributed by atoms with Gasteiger partial charge in [-0.25, -0.2) is 4.79 Å². The summed E-state index contributed by atoms with van der Waals surface area (Å²) in [4.78, 5) is 28.3. The van der Waals surface area contributed by atoms with Crippen LogP contribution in [0.4, 0.5) is 13.2 Å². The molecule has 0 radical (unpaired) electrons. The SMILES string of the molecule is CCOC(=O)[C@](NC(=O)c1ccncc1)(OCc1ccc(OC)cc1)C(F)(F)F. The molecule has 0 unspecified atom stereocenters. The number of benzene rings is 1. The van der Waals surface area contributed by atoms with E-state index in [9.17, 15) is 22.8 Å². The zero-order valence-corrected chi connectivity index (χ0v) is 15.7. The maximum Gasteiger partial charge on any atom is 0.448 e. The van der Waals surface area contributed by atoms with E-state index in [4.69, 9.17) is 9.47 Å². The smallest absolute Gasteiger partial charge is 0.448 e. The molecule has 1 amide bonds. The van der Waals surface area contributed by atoms with Crippen molar-refractivity contribution in [2.75, 3.05) is 13.7 Å². The number of nitrogens with zero attached hydrogens (tertiary/aromatic N) is 1. The number of halogens is 3. The summed E-state index contributed by atoms with van der Waals surface area (Å²) in [7, 11) is 1.44. The molecule has 156 valence electrons. The van der Waals surface area contributed by atoms with Crippen molar-refractivity contribution in [2.45, 2.75) is 25.4 Å². The molecule has 7 nitrogen and oxygen atoms in total. The quantitative estimate of drug-likeness (QED) is 0.530. The van der Waals surface area contributed by atoms with Crippen molar-refractivity contribution in [3.63, 3.8) is 0 Å². The van der Waals surface area contributed by atoms with Gasteiger partial charge in [-0.05, 0) is 36.8 Å². The van der Waals surface area contributed by atoms with Crippen LogP contribution in [-0.4, -0.2) is 42.5 Å². The summed E-state index contributed by atoms with van der Waals surface area (Å²) in [6, 6.07) is 8.38. The first-order chi connectivity index (χ1) is 13.7. The summed E-state index contributed by atoms with van der Waals surface area (Å²) in [5.74, 6) is -2.46. The predicted octanol–water partition coefficient (Wildman–Crippen LogP) is 2.86. The Morgan fingerprint density at radius 1 is 1.07 bits per heavy atom. The highest BCUT2D eigenvalue weighted by atomic mass is 19.4. The molecule has 0 spiro atoms. The number of rotatable bonds is 8. The summed E-state index contributed by atoms with van der Waals surface area (Å²) in [6.07, 6.45) is -2.84. The topological polar surface area (TPSA) is 86.8 Å². The molecule has 0 fully saturated rings. The predicted molar refractivity (Wildman–Crippen MR) is 94.9 cm³/mol. The van der Waals surface area contributed by atoms with Crippen LogP contribution >= 0.6 is 0 Å². The minimum atomic E-state index is -5.30. The molecule has 1 N–H and O–H groups in total. The second kappa shape index (κ2) is 9.37. The average Bonchev–Trinajstić information content (AvgIpc) is 2.71. The fourth-order valence-corrected chi connectivity index (χ4v) is 2.30. The van der Waals surface area contributed by atoms with Gasteiger partial charge in [0.05, 0.1) is 20.3 Å². The van der Waals surface area contributed by atoms with Gasteiger partial charge in [0.15, 0.2) is 0 Å². The first kappa shape index (κ1) is 22.2. The highest BCUT2D eigenvalue weighted by Crippen LogP contribution is 2.34. The highest BCUT2D eigenvalue weighted by Gasteiger charge is 2.65. The van der Waals surface area contributed by atoms with Crippen LogP contribution in [0.15, 0.2) is 48.8 Å². The van der Waals surface area contributed by atoms with Crippen LogP contribution in [0.3, 0.4) is 0 Å². The third-order valence-corrected chi connectivity index (χ3v) is 3.81. The maximum atomic E-state index is 14.0. The van der Waals surface area contributed by atoms with Crippen LogP contribution in [-0.2, 0) is 20.9 Å². The molecule has 0 aliphatic rings. The Hall–Kier alpha value is -3.14. The molecule has 2 aromatic rings. The van der Waals surface area contributed by atoms with E-state index >= 15 is 0 Å². The zero-order valence-electron chi connectivity index (χ0n) is 15.7. The summed E-state index contributed by atoms with van der Waals surface area (Å²) in [5.41, 5.74) is -3.50. The lowest BCUT2D eigenvalue weighted by atomic mass is 10.1. The van der Waals surface area contributed by atoms with Gasteiger partial charge in [0.2, 0.25) is 0 Å². The van der Waals surface area contributed by atoms with Gasteiger partial charge in [0.25, 0.3) is 5.91 Å². The molecule has 0 bridgehead atoms. The Kier molecular flexibility index (Phi) is 7.16. The molecular formula is C19H19F3N2O5. The largest absolute Gasteiger partial charge is 0.497 e. The fraction of sp³-hybridized carbons (Fsp3) is 0.316. The second-order valence-corrected chi connectivity index (χ2v) is 5.73. The molecule has 0 aliphatic carbocycles. The minimum Gasteiger partial charge on any atom is -0.497 e. The zero-order chi connectivity index (χ0) is 21.5. The van der Waals surface area contributed by atoms with E-state index in [1.807, 2.05) is 0 Å². The molecule has 0 aliphatic heterocycles. The third kappa shape index (κ3) is 5.23. The van der Waals surface area contributed by atoms with Gasteiger partial charge in [-0.3, -0.25) is 9.78 Å². The average molecular weight is 412 g/mol. The molecule has 0 saturated heterocycles. The van der Waals surface area contributed by atoms with Gasteiger partial charge in [-0.15, -0.1) is 0 Å². The van der Waals surface area contributed by atoms with Crippen LogP contribution in [0.1, 0.15) is 22.8 Å². The lowest BCUT2D eigenvalue weighted by Crippen LogP contribution is -2.66. The first-order valence-electron chi connectivity index (χ1n) is 8.47. The summed E-state index contributed by atoms with van der Waals surface area (Å²) in [6.45, 7) is 0.375. The van der Waals surface area contributed by atoms with Crippen molar-refractivity contribution in [2.24, 2.45) is 0 Å². The van der Waals surface area contributed by atoms with Crippen molar-refractivity contribution >= 4 is 11.9 Å². The number of pyridine rings is 1. The molecule has 2 rings (SSSR count). The number of nitrogens with one attached hydrogen (secondary N) is 1. The minimum absolute atomic E-state index is 0.133. The van der Waals surface area contributed by atoms with E-state index in [1.54, 1.807) is 5.32 Å². The molecule has 0 saturated carbocycles. The number of aromatic nitrogens is 1. The summed E-state index contributed by atoms with van der Waals surface area (Å²) < 4.78 is 56.4. The number of methoxy groups -OCH3 is 1. The van der Waals surface area contributed by atoms with Gasteiger partial charge >= 0.3 is 17.9 Å². The summed E-state index contributed by atoms with van der Waals surface area (Å²) in [5, 5.41) is 1.65. The number of alkyl halides is 3. The number of esters is 1. The number of amides is 1. The highest BCUT2D eigenvalue weighted by molar-refractivity contribution is 5.97. The van der Waals surface area contributed by atoms with Crippen molar-refractivity contribution in [1.29, 1.82) is 0 Å². The molecule has 1 aromatic carbocycles. The van der Waals surface area contributed by atoms with E-state index in [1.165, 1.54) is 62.8 Å². The molecule has 10 heteroatoms. The van der Waals surface area contributed by atoms with E-state index in [0.717, 1.165) is 0 Å². The van der Waals surface area contributed by atoms with E-state index in [-0.39, 0.29) is 12.2 Å². The number of hydrogen-bond donors (Lipinski definition) is 1. The first-order valence-corrected chi connectivity index (χ1v) is 8.47. The molecular weight excluding hydrogens is 393 g/mol. The van der Waals surface area contributed by atoms with Crippen LogP contribution in [0.2, 0.25) is 0 Å². The van der Waals surface area contributed by atoms with Crippen molar-refractivity contribution < 1.29 is 37.0 Å². The van der Waals surface area contributed by atoms with Crippen LogP contribution in [0, 0.1) is 0 Å². The lowest BCUT2D eigenvalue weighted by molar-refractivity contribution is -0.287. The fourth-order valence-electron chi connectivity index (χ4n) is 2.30. The Morgan fingerprint density at radius 3 is 2.21 bits per heavy atom. The molecule has 1 heterocycles. The van der Waals surface area contributed by atoms with E-state index < -0.39 is 30.4 Å². The van der Waals surface area contributed by atoms with Crippen LogP contribution in [0.5, 0.6) is 5.75 Å². The second-order valence-electron chi connectivity index (χ2n) is 5.73. The number of carbonyl (C=O) groups excluding carboxylic acids is 2. The number of carbonyl (C=O) groups is 2. The van der Waals surface area contributed by atoms with Gasteiger partial charge in [0.1, 0.15) is 5.75 Å². The van der Waals surface area contributed by atoms with Crippen LogP contribution < -0.4 is 10.1 Å². The summed E-state index contributed by atoms with van der Waals surface area (Å²) >= 11 is 0. The van der Waals surface area contributed by atoms with Crippen molar-refractivity contribution in [3.8, 4) is 5.75 Å². The molecule has 29 heavy (non-hydrogen) atoms. The van der Waals surface area contributed by atoms with Gasteiger partial charge in [0, 0.05) is 18.0 Å². The lowest BCUT2D eigenvalue weighted by Gasteiger charge is -2.33. The van der Waals surface area contributed by atoms with Gasteiger partial charge in [-0.1, -0.05) is 12.1 Å². The normalized spacial score (nSPS) is 13.3. The van der Waals surface area contributed by atoms with E-state index in [0.29, 0.717) is 11.3 Å². The molecule has 1 atom stereocenters. The molecule has 1 aromatic heterocycles. The Bertz CT molecular complexity index is 828. The Labute approximate surface area is 164 Å². The van der Waals surface area contributed by atoms with Crippen LogP contribution in [0.25, 0.3) is 0 Å². The maximum absolute atomic E-state index is 14.0. The van der Waals surface area contributed by atoms with E-state index in [2.05, 4.69) is 9.72 Å². The van der Waals surface area contributed by atoms with Gasteiger partial charge < -0.3 is 19.5 Å². The van der Waals surface area contributed by atoms with Crippen molar-refractivity contribution in [3.05, 3.63) is 59.9 Å². The van der Waals surface area contributed by atoms with Gasteiger partial charge in [-0.2, -0.15) is 13.2 Å².